The zero-order valence-electron chi connectivity index (χ0n) is 11.2. The summed E-state index contributed by atoms with van der Waals surface area (Å²) in [4.78, 5) is 22.2. The molecule has 5 heteroatoms. The maximum absolute atomic E-state index is 11.4. The van der Waals surface area contributed by atoms with E-state index in [4.69, 9.17) is 0 Å². The number of urea groups is 1. The van der Waals surface area contributed by atoms with Crippen molar-refractivity contribution < 1.29 is 14.3 Å². The molecule has 0 aromatic rings. The van der Waals surface area contributed by atoms with Crippen molar-refractivity contribution in [1.29, 1.82) is 0 Å². The lowest BCUT2D eigenvalue weighted by Gasteiger charge is -2.21. The van der Waals surface area contributed by atoms with Crippen LogP contribution in [-0.2, 0) is 9.53 Å². The molecular weight excluding hydrogens is 232 g/mol. The van der Waals surface area contributed by atoms with E-state index in [1.54, 1.807) is 0 Å². The van der Waals surface area contributed by atoms with E-state index >= 15 is 0 Å². The lowest BCUT2D eigenvalue weighted by Crippen LogP contribution is -2.37. The van der Waals surface area contributed by atoms with E-state index in [0.717, 1.165) is 12.3 Å². The van der Waals surface area contributed by atoms with Crippen LogP contribution in [0.5, 0.6) is 0 Å². The molecule has 5 nitrogen and oxygen atoms in total. The Bertz CT molecular complexity index is 263. The number of hydrogen-bond donors (Lipinski definition) is 2. The van der Waals surface area contributed by atoms with E-state index in [0.29, 0.717) is 13.1 Å². The summed E-state index contributed by atoms with van der Waals surface area (Å²) in [6.07, 6.45) is 7.89. The van der Waals surface area contributed by atoms with E-state index in [9.17, 15) is 9.59 Å². The fourth-order valence-electron chi connectivity index (χ4n) is 2.31. The summed E-state index contributed by atoms with van der Waals surface area (Å²) in [6, 6.07) is -0.199. The molecule has 1 rings (SSSR count). The van der Waals surface area contributed by atoms with Crippen molar-refractivity contribution in [3.05, 3.63) is 0 Å². The summed E-state index contributed by atoms with van der Waals surface area (Å²) in [7, 11) is 1.34. The topological polar surface area (TPSA) is 67.4 Å². The second-order valence-corrected chi connectivity index (χ2v) is 4.80. The van der Waals surface area contributed by atoms with Gasteiger partial charge in [0, 0.05) is 13.1 Å². The number of ether oxygens (including phenoxy) is 1. The monoisotopic (exact) mass is 256 g/mol. The standard InChI is InChI=1S/C13H24N2O3/c1-18-12(16)8-10-15-13(17)14-9-7-11-5-3-2-4-6-11/h11H,2-10H2,1H3,(H2,14,15,17). The molecule has 0 spiro atoms. The Morgan fingerprint density at radius 2 is 1.78 bits per heavy atom. The number of carbonyl (C=O) groups excluding carboxylic acids is 2. The third-order valence-electron chi connectivity index (χ3n) is 3.41. The molecule has 0 aliphatic heterocycles. The van der Waals surface area contributed by atoms with Crippen molar-refractivity contribution >= 4 is 12.0 Å². The first-order chi connectivity index (χ1) is 8.72. The van der Waals surface area contributed by atoms with Crippen molar-refractivity contribution in [1.82, 2.24) is 10.6 Å². The van der Waals surface area contributed by atoms with Crippen LogP contribution in [0.15, 0.2) is 0 Å². The van der Waals surface area contributed by atoms with E-state index in [2.05, 4.69) is 15.4 Å². The summed E-state index contributed by atoms with van der Waals surface area (Å²) >= 11 is 0. The lowest BCUT2D eigenvalue weighted by atomic mass is 9.87. The molecule has 0 bridgehead atoms. The molecule has 0 saturated heterocycles. The molecule has 1 aliphatic rings. The Morgan fingerprint density at radius 1 is 1.11 bits per heavy atom. The van der Waals surface area contributed by atoms with Crippen LogP contribution in [0, 0.1) is 5.92 Å². The second kappa shape index (κ2) is 8.78. The largest absolute Gasteiger partial charge is 0.469 e. The van der Waals surface area contributed by atoms with Gasteiger partial charge in [0.15, 0.2) is 0 Å². The fourth-order valence-corrected chi connectivity index (χ4v) is 2.31. The third-order valence-corrected chi connectivity index (χ3v) is 3.41. The predicted molar refractivity (Wildman–Crippen MR) is 69.2 cm³/mol. The van der Waals surface area contributed by atoms with Crippen molar-refractivity contribution in [3.8, 4) is 0 Å². The van der Waals surface area contributed by atoms with Crippen LogP contribution in [-0.4, -0.2) is 32.2 Å². The normalized spacial score (nSPS) is 16.1. The average Bonchev–Trinajstić information content (AvgIpc) is 2.39. The number of nitrogens with one attached hydrogen (secondary N) is 2. The summed E-state index contributed by atoms with van der Waals surface area (Å²) in [5, 5.41) is 5.45. The van der Waals surface area contributed by atoms with Crippen LogP contribution in [0.4, 0.5) is 4.79 Å². The molecule has 18 heavy (non-hydrogen) atoms. The minimum atomic E-state index is -0.308. The Labute approximate surface area is 109 Å². The molecule has 1 aliphatic carbocycles. The maximum Gasteiger partial charge on any atom is 0.314 e. The second-order valence-electron chi connectivity index (χ2n) is 4.80. The minimum Gasteiger partial charge on any atom is -0.469 e. The van der Waals surface area contributed by atoms with Gasteiger partial charge in [-0.2, -0.15) is 0 Å². The molecule has 2 N–H and O–H groups in total. The van der Waals surface area contributed by atoms with Gasteiger partial charge in [-0.15, -0.1) is 0 Å². The molecule has 104 valence electrons. The van der Waals surface area contributed by atoms with E-state index in [1.165, 1.54) is 39.2 Å². The highest BCUT2D eigenvalue weighted by atomic mass is 16.5. The molecule has 0 atom stereocenters. The van der Waals surface area contributed by atoms with Gasteiger partial charge >= 0.3 is 12.0 Å². The summed E-state index contributed by atoms with van der Waals surface area (Å²) < 4.78 is 4.48. The average molecular weight is 256 g/mol. The molecule has 2 amide bonds. The number of carbonyl (C=O) groups is 2. The number of rotatable bonds is 6. The van der Waals surface area contributed by atoms with Gasteiger partial charge in [0.2, 0.25) is 0 Å². The summed E-state index contributed by atoms with van der Waals surface area (Å²) in [6.45, 7) is 1.04. The van der Waals surface area contributed by atoms with E-state index in [-0.39, 0.29) is 18.4 Å². The van der Waals surface area contributed by atoms with Crippen LogP contribution >= 0.6 is 0 Å². The number of amides is 2. The van der Waals surface area contributed by atoms with Gasteiger partial charge in [0.25, 0.3) is 0 Å². The number of esters is 1. The van der Waals surface area contributed by atoms with E-state index < -0.39 is 0 Å². The van der Waals surface area contributed by atoms with Gasteiger partial charge in [-0.25, -0.2) is 4.79 Å². The number of hydrogen-bond acceptors (Lipinski definition) is 3. The van der Waals surface area contributed by atoms with Gasteiger partial charge < -0.3 is 15.4 Å². The van der Waals surface area contributed by atoms with Crippen LogP contribution in [0.1, 0.15) is 44.9 Å². The first-order valence-corrected chi connectivity index (χ1v) is 6.81. The van der Waals surface area contributed by atoms with Crippen LogP contribution in [0.2, 0.25) is 0 Å². The van der Waals surface area contributed by atoms with Gasteiger partial charge in [0.05, 0.1) is 13.5 Å². The Morgan fingerprint density at radius 3 is 2.44 bits per heavy atom. The Balaban J connectivity index is 1.97. The van der Waals surface area contributed by atoms with Crippen molar-refractivity contribution in [2.24, 2.45) is 5.92 Å². The molecule has 1 fully saturated rings. The minimum absolute atomic E-state index is 0.199. The van der Waals surface area contributed by atoms with E-state index in [1.807, 2.05) is 0 Å². The third kappa shape index (κ3) is 6.47. The summed E-state index contributed by atoms with van der Waals surface area (Å²) in [5.74, 6) is 0.464. The number of methoxy groups -OCH3 is 1. The maximum atomic E-state index is 11.4. The van der Waals surface area contributed by atoms with Crippen LogP contribution in [0.25, 0.3) is 0 Å². The zero-order valence-corrected chi connectivity index (χ0v) is 11.2. The predicted octanol–water partition coefficient (Wildman–Crippen LogP) is 1.82. The van der Waals surface area contributed by atoms with Crippen molar-refractivity contribution in [2.75, 3.05) is 20.2 Å². The fraction of sp³-hybridized carbons (Fsp3) is 0.846. The Kier molecular flexibility index (Phi) is 7.22. The molecule has 0 heterocycles. The smallest absolute Gasteiger partial charge is 0.314 e. The highest BCUT2D eigenvalue weighted by molar-refractivity contribution is 5.75. The molecule has 0 radical (unpaired) electrons. The lowest BCUT2D eigenvalue weighted by molar-refractivity contribution is -0.140. The van der Waals surface area contributed by atoms with Crippen molar-refractivity contribution in [3.63, 3.8) is 0 Å². The van der Waals surface area contributed by atoms with Crippen molar-refractivity contribution in [2.45, 2.75) is 44.9 Å². The molecule has 0 aromatic carbocycles. The quantitative estimate of drug-likeness (QED) is 0.712. The zero-order chi connectivity index (χ0) is 13.2. The SMILES string of the molecule is COC(=O)CCNC(=O)NCCC1CCCCC1. The molecule has 0 unspecified atom stereocenters. The highest BCUT2D eigenvalue weighted by Crippen LogP contribution is 2.25. The molecule has 0 aromatic heterocycles. The molecular formula is C13H24N2O3. The Hall–Kier alpha value is -1.26. The van der Waals surface area contributed by atoms with Gasteiger partial charge in [-0.05, 0) is 12.3 Å². The van der Waals surface area contributed by atoms with Gasteiger partial charge in [-0.1, -0.05) is 32.1 Å². The van der Waals surface area contributed by atoms with Crippen LogP contribution in [0.3, 0.4) is 0 Å². The van der Waals surface area contributed by atoms with Gasteiger partial charge in [-0.3, -0.25) is 4.79 Å². The highest BCUT2D eigenvalue weighted by Gasteiger charge is 2.13. The van der Waals surface area contributed by atoms with Crippen LogP contribution < -0.4 is 10.6 Å². The molecule has 1 saturated carbocycles. The van der Waals surface area contributed by atoms with Gasteiger partial charge in [0.1, 0.15) is 0 Å². The summed E-state index contributed by atoms with van der Waals surface area (Å²) in [5.41, 5.74) is 0. The first-order valence-electron chi connectivity index (χ1n) is 6.81. The first kappa shape index (κ1) is 14.8.